The number of aromatic amines is 1. The molecule has 1 fully saturated rings. The Balaban J connectivity index is 1.31. The summed E-state index contributed by atoms with van der Waals surface area (Å²) in [6.45, 7) is 4.53. The second-order valence-corrected chi connectivity index (χ2v) is 8.59. The van der Waals surface area contributed by atoms with Crippen LogP contribution in [0.4, 0.5) is 0 Å². The first-order chi connectivity index (χ1) is 15.5. The quantitative estimate of drug-likeness (QED) is 0.527. The van der Waals surface area contributed by atoms with Gasteiger partial charge >= 0.3 is 0 Å². The Morgan fingerprint density at radius 3 is 2.44 bits per heavy atom. The summed E-state index contributed by atoms with van der Waals surface area (Å²) in [5, 5.41) is 7.94. The number of hydrogen-bond acceptors (Lipinski definition) is 5. The van der Waals surface area contributed by atoms with Crippen LogP contribution in [0.2, 0.25) is 5.02 Å². The highest BCUT2D eigenvalue weighted by atomic mass is 35.5. The van der Waals surface area contributed by atoms with Gasteiger partial charge in [0.2, 0.25) is 5.91 Å². The van der Waals surface area contributed by atoms with E-state index < -0.39 is 0 Å². The Bertz CT molecular complexity index is 1100. The lowest BCUT2D eigenvalue weighted by molar-refractivity contribution is -0.133. The Labute approximate surface area is 197 Å². The predicted molar refractivity (Wildman–Crippen MR) is 127 cm³/mol. The third-order valence-electron chi connectivity index (χ3n) is 5.70. The van der Waals surface area contributed by atoms with E-state index in [9.17, 15) is 4.79 Å². The standard InChI is InChI=1S/C23H26ClN5O2S/c1-31-20-8-4-18(5-9-20)22-25-26-23(32)29(22)11-10-21(30)28-14-12-27(13-15-28)16-17-2-6-19(24)7-3-17/h2-9H,10-16H2,1H3,(H,26,32). The third kappa shape index (κ3) is 5.38. The predicted octanol–water partition coefficient (Wildman–Crippen LogP) is 4.00. The van der Waals surface area contributed by atoms with Crippen LogP contribution in [-0.4, -0.2) is 63.8 Å². The minimum absolute atomic E-state index is 0.139. The number of nitrogens with zero attached hydrogens (tertiary/aromatic N) is 4. The molecule has 4 rings (SSSR count). The molecule has 0 radical (unpaired) electrons. The first kappa shape index (κ1) is 22.5. The number of rotatable bonds is 7. The number of aromatic nitrogens is 3. The fourth-order valence-corrected chi connectivity index (χ4v) is 4.20. The Morgan fingerprint density at radius 2 is 1.78 bits per heavy atom. The SMILES string of the molecule is COc1ccc(-c2n[nH]c(=S)n2CCC(=O)N2CCN(Cc3ccc(Cl)cc3)CC2)cc1. The van der Waals surface area contributed by atoms with Gasteiger partial charge in [-0.3, -0.25) is 19.4 Å². The van der Waals surface area contributed by atoms with Crippen molar-refractivity contribution in [2.24, 2.45) is 0 Å². The molecular formula is C23H26ClN5O2S. The summed E-state index contributed by atoms with van der Waals surface area (Å²) in [5.41, 5.74) is 2.15. The zero-order chi connectivity index (χ0) is 22.5. The van der Waals surface area contributed by atoms with Crippen LogP contribution in [0.1, 0.15) is 12.0 Å². The zero-order valence-electron chi connectivity index (χ0n) is 18.0. The number of carbonyl (C=O) groups is 1. The topological polar surface area (TPSA) is 66.4 Å². The molecule has 1 aliphatic rings. The molecule has 0 atom stereocenters. The molecular weight excluding hydrogens is 446 g/mol. The number of methoxy groups -OCH3 is 1. The molecule has 3 aromatic rings. The fourth-order valence-electron chi connectivity index (χ4n) is 3.85. The second kappa shape index (κ2) is 10.3. The molecule has 0 bridgehead atoms. The zero-order valence-corrected chi connectivity index (χ0v) is 19.5. The molecule has 2 aromatic carbocycles. The van der Waals surface area contributed by atoms with E-state index in [1.54, 1.807) is 7.11 Å². The summed E-state index contributed by atoms with van der Waals surface area (Å²) in [7, 11) is 1.63. The van der Waals surface area contributed by atoms with Crippen molar-refractivity contribution in [2.45, 2.75) is 19.5 Å². The molecule has 0 spiro atoms. The van der Waals surface area contributed by atoms with Gasteiger partial charge in [-0.2, -0.15) is 5.10 Å². The summed E-state index contributed by atoms with van der Waals surface area (Å²) >= 11 is 11.4. The van der Waals surface area contributed by atoms with Crippen molar-refractivity contribution in [3.05, 3.63) is 63.9 Å². The van der Waals surface area contributed by atoms with Crippen LogP contribution < -0.4 is 4.74 Å². The molecule has 2 heterocycles. The summed E-state index contributed by atoms with van der Waals surface area (Å²) < 4.78 is 7.61. The lowest BCUT2D eigenvalue weighted by Crippen LogP contribution is -2.48. The van der Waals surface area contributed by atoms with E-state index in [-0.39, 0.29) is 5.91 Å². The van der Waals surface area contributed by atoms with Crippen molar-refractivity contribution in [2.75, 3.05) is 33.3 Å². The lowest BCUT2D eigenvalue weighted by atomic mass is 10.2. The monoisotopic (exact) mass is 471 g/mol. The average Bonchev–Trinajstić information content (AvgIpc) is 3.19. The van der Waals surface area contributed by atoms with E-state index in [0.717, 1.165) is 54.9 Å². The van der Waals surface area contributed by atoms with E-state index in [2.05, 4.69) is 27.2 Å². The van der Waals surface area contributed by atoms with Gasteiger partial charge in [0.25, 0.3) is 0 Å². The number of halogens is 1. The van der Waals surface area contributed by atoms with Gasteiger partial charge in [0.05, 0.1) is 7.11 Å². The van der Waals surface area contributed by atoms with Gasteiger partial charge in [0.1, 0.15) is 5.75 Å². The number of hydrogen-bond donors (Lipinski definition) is 1. The molecule has 1 aliphatic heterocycles. The van der Waals surface area contributed by atoms with Gasteiger partial charge in [0.15, 0.2) is 10.6 Å². The Morgan fingerprint density at radius 1 is 1.09 bits per heavy atom. The number of carbonyl (C=O) groups excluding carboxylic acids is 1. The van der Waals surface area contributed by atoms with Gasteiger partial charge in [-0.25, -0.2) is 0 Å². The van der Waals surface area contributed by atoms with Crippen LogP contribution in [0.5, 0.6) is 5.75 Å². The van der Waals surface area contributed by atoms with E-state index >= 15 is 0 Å². The highest BCUT2D eigenvalue weighted by molar-refractivity contribution is 7.71. The van der Waals surface area contributed by atoms with Gasteiger partial charge in [0, 0.05) is 56.3 Å². The Kier molecular flexibility index (Phi) is 7.24. The molecule has 1 N–H and O–H groups in total. The van der Waals surface area contributed by atoms with Crippen molar-refractivity contribution >= 4 is 29.7 Å². The lowest BCUT2D eigenvalue weighted by Gasteiger charge is -2.35. The maximum atomic E-state index is 12.8. The van der Waals surface area contributed by atoms with E-state index in [1.165, 1.54) is 5.56 Å². The summed E-state index contributed by atoms with van der Waals surface area (Å²) in [6.07, 6.45) is 0.383. The van der Waals surface area contributed by atoms with Crippen molar-refractivity contribution in [1.82, 2.24) is 24.6 Å². The summed E-state index contributed by atoms with van der Waals surface area (Å²) in [6, 6.07) is 15.6. The normalized spacial score (nSPS) is 14.5. The number of nitrogens with one attached hydrogen (secondary N) is 1. The van der Waals surface area contributed by atoms with E-state index in [1.807, 2.05) is 45.9 Å². The van der Waals surface area contributed by atoms with Gasteiger partial charge < -0.3 is 9.64 Å². The second-order valence-electron chi connectivity index (χ2n) is 7.77. The van der Waals surface area contributed by atoms with Crippen molar-refractivity contribution < 1.29 is 9.53 Å². The molecule has 168 valence electrons. The smallest absolute Gasteiger partial charge is 0.224 e. The van der Waals surface area contributed by atoms with Gasteiger partial charge in [-0.15, -0.1) is 0 Å². The van der Waals surface area contributed by atoms with E-state index in [4.69, 9.17) is 28.6 Å². The van der Waals surface area contributed by atoms with Crippen molar-refractivity contribution in [3.8, 4) is 17.1 Å². The maximum absolute atomic E-state index is 12.8. The third-order valence-corrected chi connectivity index (χ3v) is 6.26. The molecule has 1 aromatic heterocycles. The summed E-state index contributed by atoms with van der Waals surface area (Å²) in [4.78, 5) is 17.1. The average molecular weight is 472 g/mol. The highest BCUT2D eigenvalue weighted by Gasteiger charge is 2.21. The molecule has 9 heteroatoms. The maximum Gasteiger partial charge on any atom is 0.224 e. The minimum atomic E-state index is 0.139. The molecule has 1 saturated heterocycles. The summed E-state index contributed by atoms with van der Waals surface area (Å²) in [5.74, 6) is 1.64. The van der Waals surface area contributed by atoms with Gasteiger partial charge in [-0.1, -0.05) is 23.7 Å². The number of piperazine rings is 1. The Hall–Kier alpha value is -2.68. The van der Waals surface area contributed by atoms with E-state index in [0.29, 0.717) is 17.7 Å². The fraction of sp³-hybridized carbons (Fsp3) is 0.348. The van der Waals surface area contributed by atoms with Crippen LogP contribution in [0.15, 0.2) is 48.5 Å². The van der Waals surface area contributed by atoms with Crippen molar-refractivity contribution in [1.29, 1.82) is 0 Å². The van der Waals surface area contributed by atoms with Crippen LogP contribution in [0, 0.1) is 4.77 Å². The highest BCUT2D eigenvalue weighted by Crippen LogP contribution is 2.21. The van der Waals surface area contributed by atoms with Crippen LogP contribution in [0.25, 0.3) is 11.4 Å². The minimum Gasteiger partial charge on any atom is -0.497 e. The molecule has 0 saturated carbocycles. The molecule has 1 amide bonds. The number of ether oxygens (including phenoxy) is 1. The van der Waals surface area contributed by atoms with Crippen LogP contribution in [0.3, 0.4) is 0 Å². The van der Waals surface area contributed by atoms with Crippen LogP contribution in [-0.2, 0) is 17.9 Å². The number of H-pyrrole nitrogens is 1. The molecule has 0 aliphatic carbocycles. The van der Waals surface area contributed by atoms with Gasteiger partial charge in [-0.05, 0) is 54.2 Å². The number of amides is 1. The first-order valence-electron chi connectivity index (χ1n) is 10.6. The van der Waals surface area contributed by atoms with Crippen LogP contribution >= 0.6 is 23.8 Å². The molecule has 32 heavy (non-hydrogen) atoms. The molecule has 0 unspecified atom stereocenters. The first-order valence-corrected chi connectivity index (χ1v) is 11.4. The number of benzene rings is 2. The largest absolute Gasteiger partial charge is 0.497 e. The van der Waals surface area contributed by atoms with Crippen molar-refractivity contribution in [3.63, 3.8) is 0 Å². The molecule has 7 nitrogen and oxygen atoms in total.